The van der Waals surface area contributed by atoms with Crippen LogP contribution < -0.4 is 10.3 Å². The SMILES string of the molecule is Cc1cc(C(CNS(C)(=O)=O)CO[C@H]2CC[C@@H](c3cccc(F)c3)CC2)c(=O)n(CC(F)F)c1. The molecule has 0 saturated heterocycles. The maximum atomic E-state index is 13.5. The number of sulfonamides is 1. The molecule has 1 aromatic carbocycles. The van der Waals surface area contributed by atoms with Gasteiger partial charge in [0.1, 0.15) is 5.82 Å². The monoisotopic (exact) mass is 500 g/mol. The number of alkyl halides is 2. The molecule has 1 atom stereocenters. The molecule has 0 amide bonds. The van der Waals surface area contributed by atoms with Gasteiger partial charge < -0.3 is 9.30 Å². The molecule has 1 unspecified atom stereocenters. The molecule has 34 heavy (non-hydrogen) atoms. The lowest BCUT2D eigenvalue weighted by Crippen LogP contribution is -2.36. The maximum Gasteiger partial charge on any atom is 0.256 e. The summed E-state index contributed by atoms with van der Waals surface area (Å²) in [5.74, 6) is -0.642. The van der Waals surface area contributed by atoms with Crippen molar-refractivity contribution >= 4 is 10.0 Å². The van der Waals surface area contributed by atoms with Gasteiger partial charge in [0.15, 0.2) is 0 Å². The first-order valence-electron chi connectivity index (χ1n) is 11.3. The van der Waals surface area contributed by atoms with Crippen molar-refractivity contribution < 1.29 is 26.3 Å². The predicted octanol–water partition coefficient (Wildman–Crippen LogP) is 3.94. The normalized spacial score (nSPS) is 19.9. The Balaban J connectivity index is 1.70. The first kappa shape index (κ1) is 26.4. The van der Waals surface area contributed by atoms with Crippen LogP contribution in [-0.4, -0.2) is 44.9 Å². The number of hydrogen-bond acceptors (Lipinski definition) is 4. The second kappa shape index (κ2) is 11.5. The quantitative estimate of drug-likeness (QED) is 0.536. The first-order chi connectivity index (χ1) is 16.0. The van der Waals surface area contributed by atoms with Gasteiger partial charge in [0.2, 0.25) is 10.0 Å². The average molecular weight is 501 g/mol. The van der Waals surface area contributed by atoms with Gasteiger partial charge in [-0.15, -0.1) is 0 Å². The Hall–Kier alpha value is -2.17. The lowest BCUT2D eigenvalue weighted by molar-refractivity contribution is 0.0168. The number of aromatic nitrogens is 1. The van der Waals surface area contributed by atoms with E-state index in [0.717, 1.165) is 42.1 Å². The van der Waals surface area contributed by atoms with Crippen molar-refractivity contribution in [2.75, 3.05) is 19.4 Å². The molecule has 1 aliphatic carbocycles. The smallest absolute Gasteiger partial charge is 0.256 e. The summed E-state index contributed by atoms with van der Waals surface area (Å²) in [5.41, 5.74) is 1.25. The van der Waals surface area contributed by atoms with Gasteiger partial charge in [-0.25, -0.2) is 26.3 Å². The zero-order valence-electron chi connectivity index (χ0n) is 19.3. The molecule has 1 saturated carbocycles. The van der Waals surface area contributed by atoms with Crippen molar-refractivity contribution in [3.05, 3.63) is 69.4 Å². The number of rotatable bonds is 10. The van der Waals surface area contributed by atoms with Crippen LogP contribution in [0.1, 0.15) is 54.2 Å². The van der Waals surface area contributed by atoms with E-state index >= 15 is 0 Å². The van der Waals surface area contributed by atoms with Crippen LogP contribution >= 0.6 is 0 Å². The van der Waals surface area contributed by atoms with Gasteiger partial charge in [-0.05, 0) is 67.9 Å². The Labute approximate surface area is 198 Å². The van der Waals surface area contributed by atoms with Crippen molar-refractivity contribution in [1.29, 1.82) is 0 Å². The molecule has 188 valence electrons. The number of nitrogens with one attached hydrogen (secondary N) is 1. The molecule has 0 bridgehead atoms. The van der Waals surface area contributed by atoms with Crippen LogP contribution in [0.25, 0.3) is 0 Å². The van der Waals surface area contributed by atoms with Crippen molar-refractivity contribution in [2.24, 2.45) is 0 Å². The maximum absolute atomic E-state index is 13.5. The summed E-state index contributed by atoms with van der Waals surface area (Å²) in [6.07, 6.45) is 2.76. The predicted molar refractivity (Wildman–Crippen MR) is 124 cm³/mol. The third-order valence-corrected chi connectivity index (χ3v) is 6.84. The van der Waals surface area contributed by atoms with E-state index < -0.39 is 34.5 Å². The van der Waals surface area contributed by atoms with E-state index in [4.69, 9.17) is 4.74 Å². The molecule has 0 spiro atoms. The number of ether oxygens (including phenoxy) is 1. The summed E-state index contributed by atoms with van der Waals surface area (Å²) >= 11 is 0. The average Bonchev–Trinajstić information content (AvgIpc) is 2.76. The highest BCUT2D eigenvalue weighted by molar-refractivity contribution is 7.88. The van der Waals surface area contributed by atoms with E-state index in [0.29, 0.717) is 5.56 Å². The highest BCUT2D eigenvalue weighted by atomic mass is 32.2. The van der Waals surface area contributed by atoms with E-state index in [1.54, 1.807) is 25.1 Å². The van der Waals surface area contributed by atoms with Crippen LogP contribution in [0.2, 0.25) is 0 Å². The number of benzene rings is 1. The number of nitrogens with zero attached hydrogens (tertiary/aromatic N) is 1. The van der Waals surface area contributed by atoms with Crippen molar-refractivity contribution in [3.8, 4) is 0 Å². The minimum atomic E-state index is -3.53. The molecule has 0 aliphatic heterocycles. The van der Waals surface area contributed by atoms with Crippen LogP contribution in [0.15, 0.2) is 41.3 Å². The van der Waals surface area contributed by atoms with Crippen LogP contribution in [0.5, 0.6) is 0 Å². The molecular formula is C24H31F3N2O4S. The van der Waals surface area contributed by atoms with Gasteiger partial charge in [0.25, 0.3) is 12.0 Å². The van der Waals surface area contributed by atoms with Gasteiger partial charge in [0.05, 0.1) is 25.5 Å². The molecule has 1 fully saturated rings. The zero-order chi connectivity index (χ0) is 24.9. The van der Waals surface area contributed by atoms with Crippen molar-refractivity contribution in [2.45, 2.75) is 63.5 Å². The van der Waals surface area contributed by atoms with Crippen LogP contribution in [0.4, 0.5) is 13.2 Å². The number of pyridine rings is 1. The van der Waals surface area contributed by atoms with Crippen molar-refractivity contribution in [3.63, 3.8) is 0 Å². The topological polar surface area (TPSA) is 77.4 Å². The summed E-state index contributed by atoms with van der Waals surface area (Å²) in [5, 5.41) is 0. The largest absolute Gasteiger partial charge is 0.378 e. The van der Waals surface area contributed by atoms with E-state index in [-0.39, 0.29) is 36.6 Å². The first-order valence-corrected chi connectivity index (χ1v) is 13.2. The Bertz CT molecular complexity index is 1130. The highest BCUT2D eigenvalue weighted by Crippen LogP contribution is 2.34. The summed E-state index contributed by atoms with van der Waals surface area (Å²) in [4.78, 5) is 12.9. The van der Waals surface area contributed by atoms with Crippen molar-refractivity contribution in [1.82, 2.24) is 9.29 Å². The fourth-order valence-corrected chi connectivity index (χ4v) is 4.98. The second-order valence-electron chi connectivity index (χ2n) is 9.00. The van der Waals surface area contributed by atoms with Gasteiger partial charge in [-0.2, -0.15) is 0 Å². The third kappa shape index (κ3) is 7.68. The second-order valence-corrected chi connectivity index (χ2v) is 10.8. The van der Waals surface area contributed by atoms with Crippen LogP contribution in [0, 0.1) is 12.7 Å². The molecule has 10 heteroatoms. The minimum absolute atomic E-state index is 0.0746. The zero-order valence-corrected chi connectivity index (χ0v) is 20.2. The van der Waals surface area contributed by atoms with E-state index in [1.807, 2.05) is 6.07 Å². The number of hydrogen-bond donors (Lipinski definition) is 1. The summed E-state index contributed by atoms with van der Waals surface area (Å²) in [6.45, 7) is 0.960. The molecular weight excluding hydrogens is 469 g/mol. The molecule has 1 aromatic heterocycles. The molecule has 1 aliphatic rings. The number of halogens is 3. The van der Waals surface area contributed by atoms with E-state index in [2.05, 4.69) is 4.72 Å². The van der Waals surface area contributed by atoms with Gasteiger partial charge >= 0.3 is 0 Å². The lowest BCUT2D eigenvalue weighted by Gasteiger charge is -2.30. The summed E-state index contributed by atoms with van der Waals surface area (Å²) in [7, 11) is -3.53. The van der Waals surface area contributed by atoms with Crippen LogP contribution in [0.3, 0.4) is 0 Å². The summed E-state index contributed by atoms with van der Waals surface area (Å²) < 4.78 is 72.2. The van der Waals surface area contributed by atoms with E-state index in [9.17, 15) is 26.4 Å². The Morgan fingerprint density at radius 1 is 1.18 bits per heavy atom. The molecule has 2 aromatic rings. The van der Waals surface area contributed by atoms with E-state index in [1.165, 1.54) is 12.3 Å². The fourth-order valence-electron chi connectivity index (χ4n) is 4.48. The Morgan fingerprint density at radius 2 is 1.88 bits per heavy atom. The molecule has 1 N–H and O–H groups in total. The highest BCUT2D eigenvalue weighted by Gasteiger charge is 2.26. The third-order valence-electron chi connectivity index (χ3n) is 6.14. The molecule has 1 heterocycles. The minimum Gasteiger partial charge on any atom is -0.378 e. The Morgan fingerprint density at radius 3 is 2.50 bits per heavy atom. The Kier molecular flexibility index (Phi) is 8.95. The molecule has 3 rings (SSSR count). The standard InChI is InChI=1S/C24H31F3N2O4S/c1-16-10-22(24(30)29(13-16)14-23(26)27)19(12-28-34(2,31)32)15-33-21-8-6-17(7-9-21)18-4-3-5-20(25)11-18/h3-5,10-11,13,17,19,21,23,28H,6-9,12,14-15H2,1-2H3/t17-,19?,21+. The lowest BCUT2D eigenvalue weighted by atomic mass is 9.82. The summed E-state index contributed by atoms with van der Waals surface area (Å²) in [6, 6.07) is 8.20. The van der Waals surface area contributed by atoms with Crippen LogP contribution in [-0.2, 0) is 21.3 Å². The fraction of sp³-hybridized carbons (Fsp3) is 0.542. The molecule has 6 nitrogen and oxygen atoms in total. The van der Waals surface area contributed by atoms with Gasteiger partial charge in [-0.1, -0.05) is 12.1 Å². The molecule has 0 radical (unpaired) electrons. The van der Waals surface area contributed by atoms with Gasteiger partial charge in [0, 0.05) is 24.2 Å². The van der Waals surface area contributed by atoms with Gasteiger partial charge in [-0.3, -0.25) is 4.79 Å². The number of aryl methyl sites for hydroxylation is 1.